The van der Waals surface area contributed by atoms with Crippen molar-refractivity contribution < 1.29 is 9.53 Å². The van der Waals surface area contributed by atoms with Crippen molar-refractivity contribution >= 4 is 28.1 Å². The minimum absolute atomic E-state index is 0.253. The summed E-state index contributed by atoms with van der Waals surface area (Å²) in [5, 5.41) is 3.48. The van der Waals surface area contributed by atoms with Gasteiger partial charge in [-0.1, -0.05) is 52.7 Å². The number of carbonyl (C=O) groups is 1. The number of unbranched alkanes of at least 4 members (excludes halogenated alkanes) is 2. The maximum atomic E-state index is 11.7. The Hall–Kier alpha value is -1.98. The second kappa shape index (κ2) is 14.9. The molecule has 0 atom stereocenters. The summed E-state index contributed by atoms with van der Waals surface area (Å²) in [6.07, 6.45) is 10.2. The first-order valence-electron chi connectivity index (χ1n) is 10.1. The molecule has 0 aliphatic heterocycles. The van der Waals surface area contributed by atoms with E-state index in [1.165, 1.54) is 17.6 Å². The standard InChI is InChI=1S/C24H33BrN2O2/c1-5-29-24(28)22-12-10-21(11-13-22)9-7-6-8-15-27-18-19(2)17-20(3)23(25)14-16-26-4/h10-14,16-17,27H,3,5-9,15,18H2,1-2,4H3/b19-17+,23-14+,26-16?. The number of carbonyl (C=O) groups excluding carboxylic acids is 1. The fourth-order valence-corrected chi connectivity index (χ4v) is 2.96. The molecule has 0 saturated carbocycles. The second-order valence-corrected chi connectivity index (χ2v) is 7.70. The van der Waals surface area contributed by atoms with Crippen molar-refractivity contribution in [1.82, 2.24) is 5.32 Å². The third-order valence-electron chi connectivity index (χ3n) is 4.29. The van der Waals surface area contributed by atoms with Crippen molar-refractivity contribution in [3.63, 3.8) is 0 Å². The van der Waals surface area contributed by atoms with E-state index in [0.29, 0.717) is 12.2 Å². The van der Waals surface area contributed by atoms with Gasteiger partial charge < -0.3 is 10.1 Å². The predicted octanol–water partition coefficient (Wildman–Crippen LogP) is 5.65. The molecule has 0 bridgehead atoms. The number of ether oxygens (including phenoxy) is 1. The van der Waals surface area contributed by atoms with Gasteiger partial charge in [0.25, 0.3) is 0 Å². The van der Waals surface area contributed by atoms with Gasteiger partial charge in [-0.25, -0.2) is 4.79 Å². The first-order valence-corrected chi connectivity index (χ1v) is 10.9. The van der Waals surface area contributed by atoms with E-state index in [1.54, 1.807) is 13.3 Å². The van der Waals surface area contributed by atoms with Crippen LogP contribution >= 0.6 is 15.9 Å². The molecule has 29 heavy (non-hydrogen) atoms. The van der Waals surface area contributed by atoms with Crippen molar-refractivity contribution in [2.24, 2.45) is 4.99 Å². The highest BCUT2D eigenvalue weighted by Gasteiger charge is 2.05. The Morgan fingerprint density at radius 1 is 1.24 bits per heavy atom. The summed E-state index contributed by atoms with van der Waals surface area (Å²) in [5.74, 6) is -0.253. The molecule has 1 aromatic carbocycles. The van der Waals surface area contributed by atoms with Crippen LogP contribution < -0.4 is 5.32 Å². The summed E-state index contributed by atoms with van der Waals surface area (Å²) in [7, 11) is 1.74. The second-order valence-electron chi connectivity index (χ2n) is 6.84. The minimum Gasteiger partial charge on any atom is -0.462 e. The summed E-state index contributed by atoms with van der Waals surface area (Å²) < 4.78 is 5.95. The third-order valence-corrected chi connectivity index (χ3v) is 5.06. The lowest BCUT2D eigenvalue weighted by Crippen LogP contribution is -2.17. The number of allylic oxidation sites excluding steroid dienone is 4. The lowest BCUT2D eigenvalue weighted by Gasteiger charge is -2.07. The third kappa shape index (κ3) is 11.0. The number of aryl methyl sites for hydroxylation is 1. The van der Waals surface area contributed by atoms with Crippen LogP contribution in [-0.2, 0) is 11.2 Å². The Morgan fingerprint density at radius 3 is 2.62 bits per heavy atom. The number of nitrogens with zero attached hydrogens (tertiary/aromatic N) is 1. The minimum atomic E-state index is -0.253. The molecule has 0 unspecified atom stereocenters. The largest absolute Gasteiger partial charge is 0.462 e. The van der Waals surface area contributed by atoms with Crippen LogP contribution in [0.4, 0.5) is 0 Å². The van der Waals surface area contributed by atoms with Crippen LogP contribution in [0.3, 0.4) is 0 Å². The average Bonchev–Trinajstić information content (AvgIpc) is 2.71. The highest BCUT2D eigenvalue weighted by molar-refractivity contribution is 9.12. The SMILES string of the molecule is C=C(/C=C(\C)CNCCCCCc1ccc(C(=O)OCC)cc1)/C(Br)=C\C=NC. The summed E-state index contributed by atoms with van der Waals surface area (Å²) in [4.78, 5) is 15.6. The summed E-state index contributed by atoms with van der Waals surface area (Å²) in [6, 6.07) is 7.73. The van der Waals surface area contributed by atoms with Gasteiger partial charge in [0, 0.05) is 24.3 Å². The molecule has 4 nitrogen and oxygen atoms in total. The molecule has 0 aliphatic carbocycles. The van der Waals surface area contributed by atoms with Gasteiger partial charge in [-0.05, 0) is 69.0 Å². The van der Waals surface area contributed by atoms with E-state index in [1.807, 2.05) is 37.3 Å². The van der Waals surface area contributed by atoms with E-state index < -0.39 is 0 Å². The molecule has 0 aromatic heterocycles. The molecule has 0 heterocycles. The molecule has 0 aliphatic rings. The van der Waals surface area contributed by atoms with E-state index in [2.05, 4.69) is 45.8 Å². The molecule has 0 saturated heterocycles. The van der Waals surface area contributed by atoms with Crippen LogP contribution in [0.15, 0.2) is 63.6 Å². The highest BCUT2D eigenvalue weighted by atomic mass is 79.9. The molecule has 0 spiro atoms. The monoisotopic (exact) mass is 460 g/mol. The fourth-order valence-electron chi connectivity index (χ4n) is 2.73. The van der Waals surface area contributed by atoms with Gasteiger partial charge in [-0.3, -0.25) is 4.99 Å². The van der Waals surface area contributed by atoms with Crippen molar-refractivity contribution in [3.8, 4) is 0 Å². The van der Waals surface area contributed by atoms with Crippen molar-refractivity contribution in [3.05, 3.63) is 69.8 Å². The molecule has 0 fully saturated rings. The zero-order chi connectivity index (χ0) is 21.5. The zero-order valence-corrected chi connectivity index (χ0v) is 19.4. The first kappa shape index (κ1) is 25.1. The summed E-state index contributed by atoms with van der Waals surface area (Å²) in [6.45, 7) is 10.2. The van der Waals surface area contributed by atoms with Gasteiger partial charge in [0.05, 0.1) is 12.2 Å². The number of aliphatic imine (C=N–C) groups is 1. The molecular weight excluding hydrogens is 428 g/mol. The summed E-state index contributed by atoms with van der Waals surface area (Å²) >= 11 is 3.50. The zero-order valence-electron chi connectivity index (χ0n) is 17.8. The van der Waals surface area contributed by atoms with Crippen LogP contribution in [0.25, 0.3) is 0 Å². The number of hydrogen-bond donors (Lipinski definition) is 1. The van der Waals surface area contributed by atoms with Crippen LogP contribution in [0.1, 0.15) is 49.0 Å². The Balaban J connectivity index is 2.20. The molecular formula is C24H33BrN2O2. The predicted molar refractivity (Wildman–Crippen MR) is 127 cm³/mol. The topological polar surface area (TPSA) is 50.7 Å². The van der Waals surface area contributed by atoms with Gasteiger partial charge in [0.1, 0.15) is 0 Å². The number of esters is 1. The first-order chi connectivity index (χ1) is 14.0. The maximum absolute atomic E-state index is 11.7. The van der Waals surface area contributed by atoms with E-state index in [-0.39, 0.29) is 5.97 Å². The van der Waals surface area contributed by atoms with Crippen molar-refractivity contribution in [1.29, 1.82) is 0 Å². The van der Waals surface area contributed by atoms with Crippen LogP contribution in [0.2, 0.25) is 0 Å². The molecule has 0 amide bonds. The smallest absolute Gasteiger partial charge is 0.338 e. The number of rotatable bonds is 13. The van der Waals surface area contributed by atoms with Gasteiger partial charge in [-0.2, -0.15) is 0 Å². The Kier molecular flexibility index (Phi) is 12.9. The van der Waals surface area contributed by atoms with Gasteiger partial charge in [0.15, 0.2) is 0 Å². The van der Waals surface area contributed by atoms with E-state index in [9.17, 15) is 4.79 Å². The highest BCUT2D eigenvalue weighted by Crippen LogP contribution is 2.17. The normalized spacial score (nSPS) is 12.4. The fraction of sp³-hybridized carbons (Fsp3) is 0.417. The molecule has 158 valence electrons. The molecule has 0 radical (unpaired) electrons. The lowest BCUT2D eigenvalue weighted by atomic mass is 10.1. The van der Waals surface area contributed by atoms with E-state index in [4.69, 9.17) is 4.74 Å². The molecule has 1 N–H and O–H groups in total. The summed E-state index contributed by atoms with van der Waals surface area (Å²) in [5.41, 5.74) is 4.07. The van der Waals surface area contributed by atoms with Gasteiger partial charge >= 0.3 is 5.97 Å². The Labute approximate surface area is 184 Å². The van der Waals surface area contributed by atoms with Gasteiger partial charge in [0.2, 0.25) is 0 Å². The van der Waals surface area contributed by atoms with E-state index >= 15 is 0 Å². The number of halogens is 1. The Morgan fingerprint density at radius 2 is 1.97 bits per heavy atom. The van der Waals surface area contributed by atoms with Crippen LogP contribution in [-0.4, -0.2) is 38.9 Å². The van der Waals surface area contributed by atoms with Crippen LogP contribution in [0, 0.1) is 0 Å². The average molecular weight is 461 g/mol. The van der Waals surface area contributed by atoms with Crippen molar-refractivity contribution in [2.75, 3.05) is 26.7 Å². The molecule has 1 aromatic rings. The number of benzene rings is 1. The number of nitrogens with one attached hydrogen (secondary N) is 1. The van der Waals surface area contributed by atoms with Crippen LogP contribution in [0.5, 0.6) is 0 Å². The van der Waals surface area contributed by atoms with E-state index in [0.717, 1.165) is 42.4 Å². The molecule has 1 rings (SSSR count). The Bertz CT molecular complexity index is 734. The van der Waals surface area contributed by atoms with Gasteiger partial charge in [-0.15, -0.1) is 0 Å². The number of hydrogen-bond acceptors (Lipinski definition) is 4. The quantitative estimate of drug-likeness (QED) is 0.179. The lowest BCUT2D eigenvalue weighted by molar-refractivity contribution is 0.0526. The maximum Gasteiger partial charge on any atom is 0.338 e. The molecule has 5 heteroatoms. The van der Waals surface area contributed by atoms with Crippen molar-refractivity contribution in [2.45, 2.75) is 39.5 Å².